The van der Waals surface area contributed by atoms with Gasteiger partial charge in [-0.25, -0.2) is 37.3 Å². The van der Waals surface area contributed by atoms with Crippen LogP contribution in [-0.4, -0.2) is 20.4 Å². The van der Waals surface area contributed by atoms with Crippen molar-refractivity contribution in [2.24, 2.45) is 0 Å². The van der Waals surface area contributed by atoms with Crippen molar-refractivity contribution in [3.8, 4) is 0 Å². The molecule has 33 heavy (non-hydrogen) atoms. The molecule has 0 saturated carbocycles. The van der Waals surface area contributed by atoms with Gasteiger partial charge >= 0.3 is 16.5 Å². The molecule has 2 aromatic rings. The summed E-state index contributed by atoms with van der Waals surface area (Å²) in [6.07, 6.45) is 3.69. The smallest absolute Gasteiger partial charge is 0.457 e. The van der Waals surface area contributed by atoms with Crippen LogP contribution in [0.4, 0.5) is 0 Å². The SMILES string of the molecule is CC(C)(C)N(Cc1ccccn1)Cc1ccccn1.[Ni+3].[O-][Cl+3]([O-])([O-])[O-].[O-][Cl+3]([O-])([O-])[O-].[OH3+].[OH3+].[OH3+]. The van der Waals surface area contributed by atoms with Crippen LogP contribution in [-0.2, 0) is 46.0 Å². The summed E-state index contributed by atoms with van der Waals surface area (Å²) in [6, 6.07) is 12.1. The van der Waals surface area contributed by atoms with Gasteiger partial charge in [-0.05, 0) is 45.0 Å². The molecule has 0 aromatic carbocycles. The number of hydrogen-bond acceptors (Lipinski definition) is 11. The van der Waals surface area contributed by atoms with Crippen LogP contribution in [0.15, 0.2) is 48.8 Å². The molecule has 14 nitrogen and oxygen atoms in total. The molecule has 195 valence electrons. The minimum absolute atomic E-state index is 0. The van der Waals surface area contributed by atoms with E-state index in [9.17, 15) is 0 Å². The van der Waals surface area contributed by atoms with Crippen molar-refractivity contribution in [3.63, 3.8) is 0 Å². The normalized spacial score (nSPS) is 10.4. The second kappa shape index (κ2) is 19.2. The molecule has 2 rings (SSSR count). The van der Waals surface area contributed by atoms with E-state index >= 15 is 0 Å². The van der Waals surface area contributed by atoms with E-state index in [-0.39, 0.29) is 38.5 Å². The van der Waals surface area contributed by atoms with Crippen LogP contribution in [0.1, 0.15) is 32.2 Å². The number of hydrogen-bond donors (Lipinski definition) is 0. The van der Waals surface area contributed by atoms with E-state index in [2.05, 4.69) is 47.8 Å². The zero-order valence-corrected chi connectivity index (χ0v) is 20.4. The Morgan fingerprint density at radius 3 is 1.12 bits per heavy atom. The Kier molecular flexibility index (Phi) is 24.5. The fourth-order valence-electron chi connectivity index (χ4n) is 1.90. The van der Waals surface area contributed by atoms with Crippen molar-refractivity contribution in [1.29, 1.82) is 0 Å². The molecule has 0 aliphatic heterocycles. The maximum absolute atomic E-state index is 8.49. The fourth-order valence-corrected chi connectivity index (χ4v) is 1.90. The average molecular weight is 570 g/mol. The second-order valence-corrected chi connectivity index (χ2v) is 7.94. The van der Waals surface area contributed by atoms with Crippen molar-refractivity contribution in [2.45, 2.75) is 39.4 Å². The van der Waals surface area contributed by atoms with Crippen LogP contribution in [0, 0.1) is 20.5 Å². The standard InChI is InChI=1S/C16H21N3.2ClHO4.Ni.3H2O/c1-16(2,3)19(12-14-8-4-6-10-17-14)13-15-9-5-7-11-18-15;2*2-1(3,4)5;;;;/h4-11H,12-13H2,1-3H3;2*(H,2,3,4,5);;3*1H2/q;;;+3;;;/p+1. The Morgan fingerprint density at radius 1 is 0.667 bits per heavy atom. The van der Waals surface area contributed by atoms with Gasteiger partial charge in [-0.15, -0.1) is 20.5 Å². The Hall–Kier alpha value is -1.11. The van der Waals surface area contributed by atoms with E-state index in [0.29, 0.717) is 0 Å². The Morgan fingerprint density at radius 2 is 0.939 bits per heavy atom. The molecule has 17 heteroatoms. The van der Waals surface area contributed by atoms with Crippen molar-refractivity contribution < 1.29 is 90.7 Å². The van der Waals surface area contributed by atoms with E-state index in [0.717, 1.165) is 24.5 Å². The molecule has 0 bridgehead atoms. The van der Waals surface area contributed by atoms with Crippen molar-refractivity contribution in [2.75, 3.05) is 0 Å². The quantitative estimate of drug-likeness (QED) is 0.245. The van der Waals surface area contributed by atoms with Crippen LogP contribution < -0.4 is 37.3 Å². The van der Waals surface area contributed by atoms with Gasteiger partial charge in [-0.3, -0.25) is 14.9 Å². The molecular weight excluding hydrogens is 540 g/mol. The molecule has 0 aliphatic rings. The summed E-state index contributed by atoms with van der Waals surface area (Å²) in [4.78, 5) is 11.2. The molecule has 0 aliphatic carbocycles. The van der Waals surface area contributed by atoms with Gasteiger partial charge in [-0.1, -0.05) is 12.1 Å². The number of nitrogens with zero attached hydrogens (tertiary/aromatic N) is 3. The van der Waals surface area contributed by atoms with Gasteiger partial charge in [0.2, 0.25) is 0 Å². The van der Waals surface area contributed by atoms with Crippen molar-refractivity contribution >= 4 is 0 Å². The Bertz CT molecular complexity index is 623. The van der Waals surface area contributed by atoms with Crippen LogP contribution in [0.25, 0.3) is 0 Å². The third-order valence-corrected chi connectivity index (χ3v) is 3.11. The summed E-state index contributed by atoms with van der Waals surface area (Å²) in [6.45, 7) is 8.33. The summed E-state index contributed by atoms with van der Waals surface area (Å²) in [5, 5.41) is 0. The van der Waals surface area contributed by atoms with Gasteiger partial charge in [0.15, 0.2) is 0 Å². The van der Waals surface area contributed by atoms with Gasteiger partial charge < -0.3 is 16.4 Å². The van der Waals surface area contributed by atoms with E-state index in [1.165, 1.54) is 0 Å². The van der Waals surface area contributed by atoms with E-state index < -0.39 is 20.5 Å². The number of rotatable bonds is 4. The molecule has 0 spiro atoms. The van der Waals surface area contributed by atoms with E-state index in [1.54, 1.807) is 0 Å². The van der Waals surface area contributed by atoms with Crippen LogP contribution >= 0.6 is 0 Å². The number of pyridine rings is 2. The van der Waals surface area contributed by atoms with Crippen LogP contribution in [0.2, 0.25) is 0 Å². The maximum Gasteiger partial charge on any atom is 3.00 e. The molecule has 0 amide bonds. The topological polar surface area (TPSA) is 312 Å². The first-order valence-electron chi connectivity index (χ1n) is 7.84. The molecule has 0 fully saturated rings. The van der Waals surface area contributed by atoms with Gasteiger partial charge in [0.05, 0.1) is 11.4 Å². The summed E-state index contributed by atoms with van der Waals surface area (Å²) in [5.74, 6) is 0. The Balaban J connectivity index is -0.000000160. The Labute approximate surface area is 205 Å². The second-order valence-electron chi connectivity index (χ2n) is 6.42. The first-order valence-corrected chi connectivity index (χ1v) is 10.3. The molecule has 0 atom stereocenters. The first-order chi connectivity index (χ1) is 13.1. The van der Waals surface area contributed by atoms with E-state index in [1.807, 2.05) is 36.7 Å². The fraction of sp³-hybridized carbons (Fsp3) is 0.375. The summed E-state index contributed by atoms with van der Waals surface area (Å²) in [5.41, 5.74) is 2.26. The predicted octanol–water partition coefficient (Wildman–Crippen LogP) is -9.00. The van der Waals surface area contributed by atoms with Gasteiger partial charge in [0, 0.05) is 31.0 Å². The summed E-state index contributed by atoms with van der Waals surface area (Å²) >= 11 is 0. The molecule has 0 saturated heterocycles. The summed E-state index contributed by atoms with van der Waals surface area (Å²) in [7, 11) is -9.89. The minimum Gasteiger partial charge on any atom is -0.457 e. The van der Waals surface area contributed by atoms with Crippen LogP contribution in [0.3, 0.4) is 0 Å². The third kappa shape index (κ3) is 30.9. The summed E-state index contributed by atoms with van der Waals surface area (Å²) < 4.78 is 67.9. The zero-order chi connectivity index (χ0) is 22.7. The molecule has 9 N–H and O–H groups in total. The van der Waals surface area contributed by atoms with Gasteiger partial charge in [0.1, 0.15) is 0 Å². The third-order valence-electron chi connectivity index (χ3n) is 3.11. The minimum atomic E-state index is -4.94. The molecular formula is C16H30Cl2N3NiO11+4. The predicted molar refractivity (Wildman–Crippen MR) is 92.1 cm³/mol. The molecule has 1 radical (unpaired) electrons. The average Bonchev–Trinajstić information content (AvgIpc) is 2.52. The van der Waals surface area contributed by atoms with Crippen molar-refractivity contribution in [1.82, 2.24) is 14.9 Å². The first kappa shape index (κ1) is 42.1. The maximum atomic E-state index is 8.49. The van der Waals surface area contributed by atoms with Gasteiger partial charge in [-0.2, -0.15) is 0 Å². The van der Waals surface area contributed by atoms with Crippen LogP contribution in [0.5, 0.6) is 0 Å². The molecule has 0 unspecified atom stereocenters. The van der Waals surface area contributed by atoms with E-state index in [4.69, 9.17) is 37.3 Å². The largest absolute Gasteiger partial charge is 3.00 e. The molecule has 2 heterocycles. The van der Waals surface area contributed by atoms with Gasteiger partial charge in [0.25, 0.3) is 0 Å². The zero-order valence-electron chi connectivity index (χ0n) is 17.9. The monoisotopic (exact) mass is 568 g/mol. The molecule has 2 aromatic heterocycles. The van der Waals surface area contributed by atoms with Crippen molar-refractivity contribution in [3.05, 3.63) is 60.2 Å². The number of aromatic nitrogens is 2. The number of halogens is 2.